The molecule has 0 saturated carbocycles. The Bertz CT molecular complexity index is 1050. The topological polar surface area (TPSA) is 65.9 Å². The van der Waals surface area contributed by atoms with Crippen molar-refractivity contribution in [2.24, 2.45) is 7.05 Å². The SMILES string of the molecule is Cc1c(S(=O)(=O)N2CCCC2)cc(C(=O)N2CCN(c3cccc(Cl)c3)CC2)n1C. The molecule has 0 spiro atoms. The average molecular weight is 451 g/mol. The van der Waals surface area contributed by atoms with Gasteiger partial charge < -0.3 is 14.4 Å². The van der Waals surface area contributed by atoms with Crippen molar-refractivity contribution >= 4 is 33.2 Å². The van der Waals surface area contributed by atoms with Gasteiger partial charge in [-0.05, 0) is 44.0 Å². The zero-order valence-corrected chi connectivity index (χ0v) is 18.9. The molecule has 0 aliphatic carbocycles. The third-order valence-corrected chi connectivity index (χ3v) is 8.38. The highest BCUT2D eigenvalue weighted by atomic mass is 35.5. The number of nitrogens with zero attached hydrogens (tertiary/aromatic N) is 4. The van der Waals surface area contributed by atoms with Crippen molar-refractivity contribution in [1.82, 2.24) is 13.8 Å². The van der Waals surface area contributed by atoms with E-state index in [4.69, 9.17) is 11.6 Å². The van der Waals surface area contributed by atoms with E-state index in [1.54, 1.807) is 29.5 Å². The molecule has 30 heavy (non-hydrogen) atoms. The van der Waals surface area contributed by atoms with Crippen LogP contribution in [-0.2, 0) is 17.1 Å². The van der Waals surface area contributed by atoms with Crippen LogP contribution in [0.3, 0.4) is 0 Å². The van der Waals surface area contributed by atoms with Gasteiger partial charge in [0, 0.05) is 62.7 Å². The number of carbonyl (C=O) groups is 1. The Balaban J connectivity index is 1.50. The smallest absolute Gasteiger partial charge is 0.270 e. The van der Waals surface area contributed by atoms with Gasteiger partial charge in [-0.2, -0.15) is 4.31 Å². The van der Waals surface area contributed by atoms with E-state index in [0.29, 0.717) is 55.7 Å². The number of hydrogen-bond acceptors (Lipinski definition) is 4. The maximum atomic E-state index is 13.2. The summed E-state index contributed by atoms with van der Waals surface area (Å²) in [6.07, 6.45) is 1.77. The monoisotopic (exact) mass is 450 g/mol. The van der Waals surface area contributed by atoms with Crippen molar-refractivity contribution < 1.29 is 13.2 Å². The number of carbonyl (C=O) groups excluding carboxylic acids is 1. The zero-order chi connectivity index (χ0) is 21.5. The molecular weight excluding hydrogens is 424 g/mol. The van der Waals surface area contributed by atoms with Gasteiger partial charge in [0.05, 0.1) is 0 Å². The number of halogens is 1. The highest BCUT2D eigenvalue weighted by Gasteiger charge is 2.33. The van der Waals surface area contributed by atoms with Crippen molar-refractivity contribution in [2.75, 3.05) is 44.2 Å². The van der Waals surface area contributed by atoms with Gasteiger partial charge in [-0.1, -0.05) is 17.7 Å². The quantitative estimate of drug-likeness (QED) is 0.718. The fourth-order valence-corrected chi connectivity index (χ4v) is 6.18. The molecule has 0 N–H and O–H groups in total. The molecule has 7 nitrogen and oxygen atoms in total. The Morgan fingerprint density at radius 1 is 1.00 bits per heavy atom. The second kappa shape index (κ2) is 8.24. The summed E-state index contributed by atoms with van der Waals surface area (Å²) in [6.45, 7) is 5.41. The van der Waals surface area contributed by atoms with Crippen LogP contribution in [-0.4, -0.2) is 67.4 Å². The number of sulfonamides is 1. The van der Waals surface area contributed by atoms with E-state index in [-0.39, 0.29) is 10.8 Å². The summed E-state index contributed by atoms with van der Waals surface area (Å²) in [5.41, 5.74) is 2.06. The third-order valence-electron chi connectivity index (χ3n) is 6.13. The van der Waals surface area contributed by atoms with E-state index >= 15 is 0 Å². The summed E-state index contributed by atoms with van der Waals surface area (Å²) >= 11 is 6.10. The van der Waals surface area contributed by atoms with Gasteiger partial charge in [0.15, 0.2) is 0 Å². The molecule has 3 heterocycles. The molecule has 1 aromatic carbocycles. The van der Waals surface area contributed by atoms with Crippen LogP contribution in [0, 0.1) is 6.92 Å². The number of amides is 1. The van der Waals surface area contributed by atoms with E-state index in [2.05, 4.69) is 4.90 Å². The lowest BCUT2D eigenvalue weighted by molar-refractivity contribution is 0.0737. The Morgan fingerprint density at radius 3 is 2.30 bits per heavy atom. The molecule has 162 valence electrons. The molecule has 2 saturated heterocycles. The van der Waals surface area contributed by atoms with Gasteiger partial charge in [-0.15, -0.1) is 0 Å². The van der Waals surface area contributed by atoms with Crippen molar-refractivity contribution in [2.45, 2.75) is 24.7 Å². The van der Waals surface area contributed by atoms with Gasteiger partial charge in [-0.3, -0.25) is 4.79 Å². The number of hydrogen-bond donors (Lipinski definition) is 0. The van der Waals surface area contributed by atoms with Crippen LogP contribution in [0.1, 0.15) is 29.0 Å². The zero-order valence-electron chi connectivity index (χ0n) is 17.3. The van der Waals surface area contributed by atoms with Crippen LogP contribution < -0.4 is 4.90 Å². The molecule has 0 atom stereocenters. The minimum absolute atomic E-state index is 0.130. The van der Waals surface area contributed by atoms with E-state index in [1.165, 1.54) is 4.31 Å². The fourth-order valence-electron chi connectivity index (χ4n) is 4.21. The van der Waals surface area contributed by atoms with Gasteiger partial charge >= 0.3 is 0 Å². The van der Waals surface area contributed by atoms with Gasteiger partial charge in [0.25, 0.3) is 5.91 Å². The molecule has 2 fully saturated rings. The number of piperazine rings is 1. The number of benzene rings is 1. The predicted molar refractivity (Wildman–Crippen MR) is 118 cm³/mol. The lowest BCUT2D eigenvalue weighted by Gasteiger charge is -2.36. The van der Waals surface area contributed by atoms with Crippen LogP contribution in [0.25, 0.3) is 0 Å². The number of rotatable bonds is 4. The Labute approximate surface area is 182 Å². The predicted octanol–water partition coefficient (Wildman–Crippen LogP) is 2.73. The maximum absolute atomic E-state index is 13.2. The summed E-state index contributed by atoms with van der Waals surface area (Å²) in [7, 11) is -1.81. The Morgan fingerprint density at radius 2 is 1.67 bits per heavy atom. The Hall–Kier alpha value is -2.03. The lowest BCUT2D eigenvalue weighted by Crippen LogP contribution is -2.49. The summed E-state index contributed by atoms with van der Waals surface area (Å²) < 4.78 is 29.3. The second-order valence-corrected chi connectivity index (χ2v) is 10.3. The average Bonchev–Trinajstić information content (AvgIpc) is 3.38. The summed E-state index contributed by atoms with van der Waals surface area (Å²) in [5.74, 6) is -0.130. The number of anilines is 1. The van der Waals surface area contributed by atoms with Crippen LogP contribution in [0.15, 0.2) is 35.2 Å². The highest BCUT2D eigenvalue weighted by molar-refractivity contribution is 7.89. The fraction of sp³-hybridized carbons (Fsp3) is 0.476. The minimum atomic E-state index is -3.56. The number of aromatic nitrogens is 1. The molecule has 4 rings (SSSR count). The Kier molecular flexibility index (Phi) is 5.83. The minimum Gasteiger partial charge on any atom is -0.368 e. The molecule has 9 heteroatoms. The molecule has 0 bridgehead atoms. The van der Waals surface area contributed by atoms with Gasteiger partial charge in [0.1, 0.15) is 10.6 Å². The lowest BCUT2D eigenvalue weighted by atomic mass is 10.2. The van der Waals surface area contributed by atoms with Crippen molar-refractivity contribution in [1.29, 1.82) is 0 Å². The first-order valence-electron chi connectivity index (χ1n) is 10.3. The summed E-state index contributed by atoms with van der Waals surface area (Å²) in [4.78, 5) is 17.4. The highest BCUT2D eigenvalue weighted by Crippen LogP contribution is 2.27. The van der Waals surface area contributed by atoms with Crippen molar-refractivity contribution in [3.8, 4) is 0 Å². The van der Waals surface area contributed by atoms with Crippen molar-refractivity contribution in [3.63, 3.8) is 0 Å². The van der Waals surface area contributed by atoms with E-state index in [0.717, 1.165) is 18.5 Å². The molecule has 2 aliphatic rings. The molecule has 0 radical (unpaired) electrons. The largest absolute Gasteiger partial charge is 0.368 e. The van der Waals surface area contributed by atoms with E-state index in [1.807, 2.05) is 24.3 Å². The summed E-state index contributed by atoms with van der Waals surface area (Å²) in [6, 6.07) is 9.25. The van der Waals surface area contributed by atoms with Gasteiger partial charge in [-0.25, -0.2) is 8.42 Å². The third kappa shape index (κ3) is 3.84. The first-order chi connectivity index (χ1) is 14.3. The molecule has 1 amide bonds. The second-order valence-electron chi connectivity index (χ2n) is 7.91. The van der Waals surface area contributed by atoms with Crippen LogP contribution in [0.4, 0.5) is 5.69 Å². The molecule has 1 aromatic heterocycles. The first-order valence-corrected chi connectivity index (χ1v) is 12.1. The molecule has 2 aliphatic heterocycles. The van der Waals surface area contributed by atoms with Gasteiger partial charge in [0.2, 0.25) is 10.0 Å². The first kappa shape index (κ1) is 21.2. The van der Waals surface area contributed by atoms with Crippen LogP contribution in [0.2, 0.25) is 5.02 Å². The van der Waals surface area contributed by atoms with E-state index < -0.39 is 10.0 Å². The maximum Gasteiger partial charge on any atom is 0.270 e. The standard InChI is InChI=1S/C21H27ClN4O3S/c1-16-20(30(28,29)26-8-3-4-9-26)15-19(23(16)2)21(27)25-12-10-24(11-13-25)18-7-5-6-17(22)14-18/h5-7,14-15H,3-4,8-13H2,1-2H3. The molecule has 2 aromatic rings. The van der Waals surface area contributed by atoms with Crippen LogP contribution in [0.5, 0.6) is 0 Å². The normalized spacial score (nSPS) is 18.2. The van der Waals surface area contributed by atoms with Crippen LogP contribution >= 0.6 is 11.6 Å². The molecular formula is C21H27ClN4O3S. The summed E-state index contributed by atoms with van der Waals surface area (Å²) in [5, 5.41) is 0.692. The molecule has 0 unspecified atom stereocenters. The van der Waals surface area contributed by atoms with Crippen molar-refractivity contribution in [3.05, 3.63) is 46.7 Å². The van der Waals surface area contributed by atoms with E-state index in [9.17, 15) is 13.2 Å².